The summed E-state index contributed by atoms with van der Waals surface area (Å²) in [5, 5.41) is 9.00. The van der Waals surface area contributed by atoms with E-state index in [4.69, 9.17) is 20.5 Å². The highest BCUT2D eigenvalue weighted by Gasteiger charge is 2.10. The lowest BCUT2D eigenvalue weighted by Crippen LogP contribution is -1.94. The first-order valence-electron chi connectivity index (χ1n) is 5.27. The molecule has 7 heteroatoms. The van der Waals surface area contributed by atoms with Gasteiger partial charge in [0.2, 0.25) is 5.88 Å². The zero-order chi connectivity index (χ0) is 13.9. The minimum atomic E-state index is -3.78. The number of hydrogen-bond donors (Lipinski definition) is 1. The van der Waals surface area contributed by atoms with E-state index in [1.165, 1.54) is 12.1 Å². The van der Waals surface area contributed by atoms with Crippen LogP contribution in [0.4, 0.5) is 0 Å². The van der Waals surface area contributed by atoms with Crippen LogP contribution in [0.2, 0.25) is 0 Å². The van der Waals surface area contributed by atoms with E-state index >= 15 is 0 Å². The molecule has 0 aliphatic heterocycles. The number of benzene rings is 1. The monoisotopic (exact) mass is 299 g/mol. The third-order valence-electron chi connectivity index (χ3n) is 2.29. The first-order valence-corrected chi connectivity index (χ1v) is 7.58. The molecule has 0 saturated heterocycles. The van der Waals surface area contributed by atoms with Crippen molar-refractivity contribution < 1.29 is 18.3 Å². The van der Waals surface area contributed by atoms with Crippen LogP contribution in [0.3, 0.4) is 0 Å². The van der Waals surface area contributed by atoms with Crippen molar-refractivity contribution in [1.82, 2.24) is 4.98 Å². The Bertz CT molecular complexity index is 670. The number of halogens is 1. The zero-order valence-electron chi connectivity index (χ0n) is 9.65. The summed E-state index contributed by atoms with van der Waals surface area (Å²) in [6.07, 6.45) is 1.12. The Kier molecular flexibility index (Phi) is 4.04. The van der Waals surface area contributed by atoms with Crippen molar-refractivity contribution in [3.05, 3.63) is 48.2 Å². The number of aliphatic hydroxyl groups is 1. The van der Waals surface area contributed by atoms with Crippen molar-refractivity contribution in [3.8, 4) is 11.6 Å². The molecule has 0 amide bonds. The molecule has 5 nitrogen and oxygen atoms in total. The van der Waals surface area contributed by atoms with Gasteiger partial charge in [0.15, 0.2) is 0 Å². The zero-order valence-corrected chi connectivity index (χ0v) is 11.2. The number of rotatable bonds is 4. The Labute approximate surface area is 114 Å². The average Bonchev–Trinajstić information content (AvgIpc) is 2.38. The Balaban J connectivity index is 2.19. The summed E-state index contributed by atoms with van der Waals surface area (Å²) in [4.78, 5) is 3.76. The van der Waals surface area contributed by atoms with Crippen molar-refractivity contribution in [2.24, 2.45) is 0 Å². The highest BCUT2D eigenvalue weighted by Crippen LogP contribution is 2.22. The van der Waals surface area contributed by atoms with Crippen LogP contribution < -0.4 is 4.74 Å². The van der Waals surface area contributed by atoms with Crippen LogP contribution in [0.25, 0.3) is 0 Å². The van der Waals surface area contributed by atoms with Gasteiger partial charge in [0.25, 0.3) is 9.05 Å². The maximum absolute atomic E-state index is 11.0. The highest BCUT2D eigenvalue weighted by atomic mass is 35.7. The van der Waals surface area contributed by atoms with Gasteiger partial charge in [-0.2, -0.15) is 0 Å². The maximum atomic E-state index is 11.0. The number of aromatic nitrogens is 1. The van der Waals surface area contributed by atoms with Crippen LogP contribution in [0.15, 0.2) is 47.5 Å². The van der Waals surface area contributed by atoms with Crippen LogP contribution >= 0.6 is 10.7 Å². The van der Waals surface area contributed by atoms with E-state index in [-0.39, 0.29) is 17.4 Å². The molecule has 0 radical (unpaired) electrons. The molecule has 0 unspecified atom stereocenters. The van der Waals surface area contributed by atoms with Crippen LogP contribution in [-0.4, -0.2) is 18.5 Å². The molecular formula is C12H10ClNO4S. The number of pyridine rings is 1. The molecular weight excluding hydrogens is 290 g/mol. The second-order valence-electron chi connectivity index (χ2n) is 3.68. The molecule has 2 rings (SSSR count). The van der Waals surface area contributed by atoms with Gasteiger partial charge >= 0.3 is 0 Å². The molecule has 0 aliphatic carbocycles. The maximum Gasteiger partial charge on any atom is 0.262 e. The summed E-state index contributed by atoms with van der Waals surface area (Å²) in [7, 11) is 1.39. The number of ether oxygens (including phenoxy) is 1. The fourth-order valence-corrected chi connectivity index (χ4v) is 2.08. The van der Waals surface area contributed by atoms with Gasteiger partial charge in [0.1, 0.15) is 10.6 Å². The lowest BCUT2D eigenvalue weighted by molar-refractivity contribution is 0.281. The third-order valence-corrected chi connectivity index (χ3v) is 3.63. The average molecular weight is 300 g/mol. The first-order chi connectivity index (χ1) is 8.99. The largest absolute Gasteiger partial charge is 0.439 e. The molecule has 0 bridgehead atoms. The van der Waals surface area contributed by atoms with E-state index in [0.717, 1.165) is 6.20 Å². The van der Waals surface area contributed by atoms with Crippen LogP contribution in [0.5, 0.6) is 11.6 Å². The Morgan fingerprint density at radius 1 is 1.26 bits per heavy atom. The molecule has 100 valence electrons. The molecule has 0 aliphatic rings. The number of aliphatic hydroxyl groups excluding tert-OH is 1. The van der Waals surface area contributed by atoms with Crippen molar-refractivity contribution in [3.63, 3.8) is 0 Å². The molecule has 0 spiro atoms. The van der Waals surface area contributed by atoms with E-state index in [0.29, 0.717) is 11.3 Å². The van der Waals surface area contributed by atoms with E-state index in [1.54, 1.807) is 24.3 Å². The first kappa shape index (κ1) is 13.8. The molecule has 0 fully saturated rings. The van der Waals surface area contributed by atoms with Gasteiger partial charge in [-0.3, -0.25) is 0 Å². The molecule has 0 atom stereocenters. The van der Waals surface area contributed by atoms with E-state index in [9.17, 15) is 8.42 Å². The van der Waals surface area contributed by atoms with Gasteiger partial charge in [0, 0.05) is 16.7 Å². The quantitative estimate of drug-likeness (QED) is 0.877. The predicted molar refractivity (Wildman–Crippen MR) is 69.7 cm³/mol. The fourth-order valence-electron chi connectivity index (χ4n) is 1.40. The van der Waals surface area contributed by atoms with Crippen LogP contribution in [0, 0.1) is 0 Å². The Morgan fingerprint density at radius 3 is 2.63 bits per heavy atom. The van der Waals surface area contributed by atoms with Crippen molar-refractivity contribution in [1.29, 1.82) is 0 Å². The highest BCUT2D eigenvalue weighted by molar-refractivity contribution is 8.13. The van der Waals surface area contributed by atoms with Gasteiger partial charge in [-0.1, -0.05) is 12.1 Å². The van der Waals surface area contributed by atoms with Crippen LogP contribution in [-0.2, 0) is 15.7 Å². The van der Waals surface area contributed by atoms with Crippen LogP contribution in [0.1, 0.15) is 5.56 Å². The molecule has 19 heavy (non-hydrogen) atoms. The van der Waals surface area contributed by atoms with E-state index in [1.807, 2.05) is 0 Å². The van der Waals surface area contributed by atoms with Gasteiger partial charge in [-0.05, 0) is 23.8 Å². The summed E-state index contributed by atoms with van der Waals surface area (Å²) in [5.41, 5.74) is 0.706. The minimum absolute atomic E-state index is 0.0892. The Hall–Kier alpha value is -1.63. The molecule has 2 aromatic rings. The third kappa shape index (κ3) is 3.66. The van der Waals surface area contributed by atoms with E-state index < -0.39 is 9.05 Å². The molecule has 1 aromatic carbocycles. The number of nitrogens with zero attached hydrogens (tertiary/aromatic N) is 1. The lowest BCUT2D eigenvalue weighted by atomic mass is 10.2. The summed E-state index contributed by atoms with van der Waals surface area (Å²) >= 11 is 0. The van der Waals surface area contributed by atoms with E-state index in [2.05, 4.69) is 4.98 Å². The Morgan fingerprint density at radius 2 is 2.05 bits per heavy atom. The smallest absolute Gasteiger partial charge is 0.262 e. The topological polar surface area (TPSA) is 76.5 Å². The standard InChI is InChI=1S/C12H10ClNO4S/c13-19(16,17)11-4-5-12(14-7-11)18-10-3-1-2-9(6-10)8-15/h1-7,15H,8H2. The van der Waals surface area contributed by atoms with Crippen molar-refractivity contribution >= 4 is 19.7 Å². The van der Waals surface area contributed by atoms with Gasteiger partial charge < -0.3 is 9.84 Å². The summed E-state index contributed by atoms with van der Waals surface area (Å²) in [5.74, 6) is 0.736. The summed E-state index contributed by atoms with van der Waals surface area (Å²) in [6.45, 7) is -0.0892. The molecule has 0 saturated carbocycles. The second-order valence-corrected chi connectivity index (χ2v) is 6.24. The van der Waals surface area contributed by atoms with Crippen molar-refractivity contribution in [2.45, 2.75) is 11.5 Å². The number of hydrogen-bond acceptors (Lipinski definition) is 5. The van der Waals surface area contributed by atoms with Gasteiger partial charge in [0.05, 0.1) is 12.8 Å². The molecule has 1 heterocycles. The molecule has 1 N–H and O–H groups in total. The second kappa shape index (κ2) is 5.56. The molecule has 1 aromatic heterocycles. The van der Waals surface area contributed by atoms with Crippen molar-refractivity contribution in [2.75, 3.05) is 0 Å². The van der Waals surface area contributed by atoms with Gasteiger partial charge in [-0.15, -0.1) is 0 Å². The fraction of sp³-hybridized carbons (Fsp3) is 0.0833. The summed E-state index contributed by atoms with van der Waals surface area (Å²) in [6, 6.07) is 9.56. The minimum Gasteiger partial charge on any atom is -0.439 e. The summed E-state index contributed by atoms with van der Waals surface area (Å²) < 4.78 is 27.5. The normalized spacial score (nSPS) is 11.3. The predicted octanol–water partition coefficient (Wildman–Crippen LogP) is 2.29. The lowest BCUT2D eigenvalue weighted by Gasteiger charge is -2.06. The van der Waals surface area contributed by atoms with Gasteiger partial charge in [-0.25, -0.2) is 13.4 Å². The SMILES string of the molecule is O=S(=O)(Cl)c1ccc(Oc2cccc(CO)c2)nc1.